The van der Waals surface area contributed by atoms with E-state index in [0.29, 0.717) is 39.1 Å². The highest BCUT2D eigenvalue weighted by atomic mass is 32.2. The van der Waals surface area contributed by atoms with E-state index >= 15 is 0 Å². The summed E-state index contributed by atoms with van der Waals surface area (Å²) < 4.78 is 16.0. The largest absolute Gasteiger partial charge is 0.463 e. The number of carbonyl (C=O) groups excluding carboxylic acids is 2. The van der Waals surface area contributed by atoms with E-state index in [2.05, 4.69) is 6.92 Å². The lowest BCUT2D eigenvalue weighted by Gasteiger charge is -2.18. The molecule has 0 amide bonds. The smallest absolute Gasteiger partial charge is 0.305 e. The van der Waals surface area contributed by atoms with Crippen LogP contribution in [0.1, 0.15) is 82.3 Å². The van der Waals surface area contributed by atoms with Gasteiger partial charge in [-0.05, 0) is 41.9 Å². The van der Waals surface area contributed by atoms with Gasteiger partial charge in [0.1, 0.15) is 12.4 Å². The maximum absolute atomic E-state index is 12.5. The first-order valence-electron chi connectivity index (χ1n) is 15.4. The van der Waals surface area contributed by atoms with E-state index in [9.17, 15) is 19.8 Å². The molecule has 1 aromatic rings. The van der Waals surface area contributed by atoms with E-state index in [1.54, 1.807) is 24.9 Å². The Morgan fingerprint density at radius 1 is 1.07 bits per heavy atom. The summed E-state index contributed by atoms with van der Waals surface area (Å²) in [5, 5.41) is 21.0. The van der Waals surface area contributed by atoms with Gasteiger partial charge in [-0.25, -0.2) is 0 Å². The van der Waals surface area contributed by atoms with Crippen molar-refractivity contribution < 1.29 is 34.0 Å². The molecular formula is C33H52O7S. The van der Waals surface area contributed by atoms with E-state index in [1.807, 2.05) is 30.3 Å². The normalized spacial score (nSPS) is 19.7. The van der Waals surface area contributed by atoms with Crippen molar-refractivity contribution in [3.8, 4) is 0 Å². The van der Waals surface area contributed by atoms with Gasteiger partial charge in [0, 0.05) is 44.8 Å². The van der Waals surface area contributed by atoms with Gasteiger partial charge in [0.15, 0.2) is 0 Å². The molecule has 0 heterocycles. The second-order valence-corrected chi connectivity index (χ2v) is 12.2. The number of methoxy groups -OCH3 is 1. The molecule has 0 unspecified atom stereocenters. The van der Waals surface area contributed by atoms with Crippen LogP contribution in [0.4, 0.5) is 0 Å². The summed E-state index contributed by atoms with van der Waals surface area (Å²) in [4.78, 5) is 24.5. The Balaban J connectivity index is 1.57. The highest BCUT2D eigenvalue weighted by Gasteiger charge is 2.39. The number of ether oxygens (including phenoxy) is 3. The molecule has 0 spiro atoms. The van der Waals surface area contributed by atoms with E-state index in [-0.39, 0.29) is 30.0 Å². The fourth-order valence-corrected chi connectivity index (χ4v) is 6.15. The first-order chi connectivity index (χ1) is 19.9. The summed E-state index contributed by atoms with van der Waals surface area (Å²) in [6.07, 6.45) is 11.9. The number of hydrogen-bond donors (Lipinski definition) is 2. The highest BCUT2D eigenvalue weighted by molar-refractivity contribution is 7.99. The standard InChI is InChI=1S/C33H52O7S/c1-3-4-5-6-7-8-17-39-18-19-40-33(37)13-10-20-41-21-16-30-29(31(35)24-32(30)36)15-14-28(34)23-26-11-9-12-27(22-26)25-38-2/h9,11-12,14-15,22,28-31,34-35H,3-8,10,13,16-21,23-25H2,1-2H3/b15-14+/t28-,29+,30-,31-/m1/s1. The molecule has 1 saturated carbocycles. The summed E-state index contributed by atoms with van der Waals surface area (Å²) >= 11 is 1.71. The van der Waals surface area contributed by atoms with Gasteiger partial charge < -0.3 is 24.4 Å². The van der Waals surface area contributed by atoms with Crippen molar-refractivity contribution in [1.29, 1.82) is 0 Å². The third-order valence-corrected chi connectivity index (χ3v) is 8.51. The van der Waals surface area contributed by atoms with Crippen LogP contribution in [0, 0.1) is 11.8 Å². The average molecular weight is 593 g/mol. The van der Waals surface area contributed by atoms with Crippen LogP contribution in [0.15, 0.2) is 36.4 Å². The predicted molar refractivity (Wildman–Crippen MR) is 165 cm³/mol. The van der Waals surface area contributed by atoms with Crippen molar-refractivity contribution in [2.24, 2.45) is 11.8 Å². The van der Waals surface area contributed by atoms with Gasteiger partial charge in [0.2, 0.25) is 0 Å². The zero-order valence-corrected chi connectivity index (χ0v) is 26.0. The molecular weight excluding hydrogens is 540 g/mol. The van der Waals surface area contributed by atoms with E-state index in [0.717, 1.165) is 42.1 Å². The number of aliphatic hydroxyl groups excluding tert-OH is 2. The molecule has 41 heavy (non-hydrogen) atoms. The second kappa shape index (κ2) is 21.9. The number of aliphatic hydroxyl groups is 2. The molecule has 0 saturated heterocycles. The van der Waals surface area contributed by atoms with Crippen molar-refractivity contribution in [3.63, 3.8) is 0 Å². The molecule has 1 fully saturated rings. The summed E-state index contributed by atoms with van der Waals surface area (Å²) in [6.45, 7) is 4.21. The molecule has 4 atom stereocenters. The molecule has 0 radical (unpaired) electrons. The maximum atomic E-state index is 12.5. The van der Waals surface area contributed by atoms with Gasteiger partial charge in [-0.1, -0.05) is 75.4 Å². The number of hydrogen-bond acceptors (Lipinski definition) is 8. The van der Waals surface area contributed by atoms with E-state index in [4.69, 9.17) is 14.2 Å². The van der Waals surface area contributed by atoms with Crippen LogP contribution in [0.5, 0.6) is 0 Å². The third-order valence-electron chi connectivity index (χ3n) is 7.41. The second-order valence-electron chi connectivity index (χ2n) is 10.9. The summed E-state index contributed by atoms with van der Waals surface area (Å²) in [5.74, 6) is 0.954. The van der Waals surface area contributed by atoms with Crippen LogP contribution < -0.4 is 0 Å². The molecule has 0 aliphatic heterocycles. The summed E-state index contributed by atoms with van der Waals surface area (Å²) in [5.41, 5.74) is 2.06. The lowest BCUT2D eigenvalue weighted by atomic mass is 9.91. The molecule has 1 aromatic carbocycles. The van der Waals surface area contributed by atoms with Gasteiger partial charge in [0.05, 0.1) is 25.4 Å². The Morgan fingerprint density at radius 3 is 2.66 bits per heavy atom. The summed E-state index contributed by atoms with van der Waals surface area (Å²) in [7, 11) is 1.65. The minimum Gasteiger partial charge on any atom is -0.463 e. The number of unbranched alkanes of at least 4 members (excludes halogenated alkanes) is 5. The fraction of sp³-hybridized carbons (Fsp3) is 0.697. The van der Waals surface area contributed by atoms with E-state index in [1.165, 1.54) is 32.1 Å². The molecule has 8 heteroatoms. The topological polar surface area (TPSA) is 102 Å². The first kappa shape index (κ1) is 35.5. The van der Waals surface area contributed by atoms with Crippen molar-refractivity contribution in [3.05, 3.63) is 47.5 Å². The van der Waals surface area contributed by atoms with Crippen molar-refractivity contribution in [2.75, 3.05) is 38.4 Å². The molecule has 1 aliphatic carbocycles. The lowest BCUT2D eigenvalue weighted by Crippen LogP contribution is -2.20. The van der Waals surface area contributed by atoms with Gasteiger partial charge in [-0.2, -0.15) is 11.8 Å². The van der Waals surface area contributed by atoms with Gasteiger partial charge in [0.25, 0.3) is 0 Å². The van der Waals surface area contributed by atoms with Crippen LogP contribution in [0.2, 0.25) is 0 Å². The zero-order chi connectivity index (χ0) is 29.7. The Kier molecular flexibility index (Phi) is 19.0. The molecule has 0 aromatic heterocycles. The fourth-order valence-electron chi connectivity index (χ4n) is 5.18. The van der Waals surface area contributed by atoms with Gasteiger partial charge in [-0.3, -0.25) is 9.59 Å². The highest BCUT2D eigenvalue weighted by Crippen LogP contribution is 2.34. The van der Waals surface area contributed by atoms with Crippen molar-refractivity contribution in [2.45, 2.75) is 96.4 Å². The molecule has 0 bridgehead atoms. The molecule has 232 valence electrons. The zero-order valence-electron chi connectivity index (χ0n) is 25.1. The summed E-state index contributed by atoms with van der Waals surface area (Å²) in [6, 6.07) is 7.92. The molecule has 1 aliphatic rings. The van der Waals surface area contributed by atoms with E-state index < -0.39 is 12.2 Å². The van der Waals surface area contributed by atoms with Gasteiger partial charge in [-0.15, -0.1) is 0 Å². The number of esters is 1. The number of carbonyl (C=O) groups is 2. The Labute approximate surface area is 251 Å². The monoisotopic (exact) mass is 592 g/mol. The maximum Gasteiger partial charge on any atom is 0.305 e. The number of Topliss-reactive ketones (excluding diaryl/α,β-unsaturated/α-hetero) is 1. The Bertz CT molecular complexity index is 890. The SMILES string of the molecule is CCCCCCCCOCCOC(=O)CCCSCC[C@H]1C(=O)C[C@@H](O)[C@H]1/C=C/[C@@H](O)Cc1cccc(COC)c1. The molecule has 2 rings (SSSR count). The van der Waals surface area contributed by atoms with Crippen molar-refractivity contribution >= 4 is 23.5 Å². The number of rotatable bonds is 23. The number of ketones is 1. The Morgan fingerprint density at radius 2 is 1.85 bits per heavy atom. The van der Waals surface area contributed by atoms with Crippen molar-refractivity contribution in [1.82, 2.24) is 0 Å². The number of thioether (sulfide) groups is 1. The van der Waals surface area contributed by atoms with Crippen LogP contribution in [0.3, 0.4) is 0 Å². The quantitative estimate of drug-likeness (QED) is 0.0951. The van der Waals surface area contributed by atoms with Gasteiger partial charge >= 0.3 is 5.97 Å². The van der Waals surface area contributed by atoms with Crippen LogP contribution >= 0.6 is 11.8 Å². The minimum atomic E-state index is -0.712. The Hall–Kier alpha value is -1.71. The lowest BCUT2D eigenvalue weighted by molar-refractivity contribution is -0.145. The predicted octanol–water partition coefficient (Wildman–Crippen LogP) is 5.68. The van der Waals surface area contributed by atoms with Crippen LogP contribution in [0.25, 0.3) is 0 Å². The molecule has 7 nitrogen and oxygen atoms in total. The third kappa shape index (κ3) is 15.4. The average Bonchev–Trinajstić information content (AvgIpc) is 3.22. The minimum absolute atomic E-state index is 0.0804. The van der Waals surface area contributed by atoms with Crippen LogP contribution in [-0.2, 0) is 36.8 Å². The first-order valence-corrected chi connectivity index (χ1v) is 16.5. The molecule has 2 N–H and O–H groups in total. The van der Waals surface area contributed by atoms with Crippen LogP contribution in [-0.4, -0.2) is 72.6 Å². The number of benzene rings is 1.